The maximum absolute atomic E-state index is 14.3. The molecule has 2 aliphatic heterocycles. The standard InChI is InChI=1S/C25H23BrClFN2O4S/c1-4-32-20-12-15(11-17(26)23(20)34-13-16-18(27)7-6-8-19(16)28)22-21(24(31)33-5-2)14(3)29-25-30(22)9-10-35-25/h6-12,22H,4-5,13H2,1-3H3/t22-/m1/s1. The Balaban J connectivity index is 1.75. The van der Waals surface area contributed by atoms with Crippen molar-refractivity contribution < 1.29 is 23.4 Å². The molecule has 0 fully saturated rings. The van der Waals surface area contributed by atoms with Crippen molar-refractivity contribution in [1.82, 2.24) is 4.90 Å². The van der Waals surface area contributed by atoms with Crippen LogP contribution >= 0.6 is 39.3 Å². The van der Waals surface area contributed by atoms with E-state index in [1.54, 1.807) is 26.0 Å². The second-order valence-electron chi connectivity index (χ2n) is 7.58. The van der Waals surface area contributed by atoms with E-state index in [0.717, 1.165) is 10.7 Å². The molecular weight excluding hydrogens is 559 g/mol. The van der Waals surface area contributed by atoms with Crippen LogP contribution in [0.25, 0.3) is 0 Å². The van der Waals surface area contributed by atoms with Gasteiger partial charge in [-0.25, -0.2) is 14.2 Å². The lowest BCUT2D eigenvalue weighted by Gasteiger charge is -2.33. The number of hydrogen-bond acceptors (Lipinski definition) is 7. The molecule has 0 spiro atoms. The van der Waals surface area contributed by atoms with Gasteiger partial charge in [0.1, 0.15) is 12.4 Å². The Morgan fingerprint density at radius 1 is 1.26 bits per heavy atom. The second-order valence-corrected chi connectivity index (χ2v) is 9.71. The number of amidine groups is 1. The van der Waals surface area contributed by atoms with Crippen molar-refractivity contribution in [2.75, 3.05) is 13.2 Å². The maximum atomic E-state index is 14.3. The topological polar surface area (TPSA) is 60.4 Å². The van der Waals surface area contributed by atoms with Gasteiger partial charge in [-0.1, -0.05) is 29.4 Å². The Hall–Kier alpha value is -2.49. The Kier molecular flexibility index (Phi) is 8.09. The third kappa shape index (κ3) is 5.22. The maximum Gasteiger partial charge on any atom is 0.338 e. The number of halogens is 3. The van der Waals surface area contributed by atoms with Crippen LogP contribution < -0.4 is 9.47 Å². The molecular formula is C25H23BrClFN2O4S. The van der Waals surface area contributed by atoms with Gasteiger partial charge in [0.15, 0.2) is 16.7 Å². The zero-order chi connectivity index (χ0) is 25.1. The van der Waals surface area contributed by atoms with Gasteiger partial charge < -0.3 is 19.1 Å². The number of hydrogen-bond donors (Lipinski definition) is 0. The van der Waals surface area contributed by atoms with Crippen LogP contribution in [0.15, 0.2) is 62.7 Å². The number of nitrogens with zero attached hydrogens (tertiary/aromatic N) is 2. The van der Waals surface area contributed by atoms with Gasteiger partial charge in [-0.2, -0.15) is 0 Å². The Morgan fingerprint density at radius 3 is 2.77 bits per heavy atom. The molecule has 4 rings (SSSR count). The quantitative estimate of drug-likeness (QED) is 0.313. The van der Waals surface area contributed by atoms with Crippen molar-refractivity contribution in [3.05, 3.63) is 79.6 Å². The minimum absolute atomic E-state index is 0.0810. The summed E-state index contributed by atoms with van der Waals surface area (Å²) in [5.74, 6) is -0.0172. The Labute approximate surface area is 220 Å². The molecule has 0 unspecified atom stereocenters. The highest BCUT2D eigenvalue weighted by Crippen LogP contribution is 2.46. The minimum atomic E-state index is -0.474. The molecule has 184 valence electrons. The van der Waals surface area contributed by atoms with E-state index in [4.69, 9.17) is 25.8 Å². The summed E-state index contributed by atoms with van der Waals surface area (Å²) in [5.41, 5.74) is 2.07. The normalized spacial score (nSPS) is 16.8. The number of rotatable bonds is 8. The first-order chi connectivity index (χ1) is 16.8. The number of aliphatic imine (C=N–C) groups is 1. The monoisotopic (exact) mass is 580 g/mol. The molecule has 0 aliphatic carbocycles. The van der Waals surface area contributed by atoms with E-state index < -0.39 is 17.8 Å². The fraction of sp³-hybridized carbons (Fsp3) is 0.280. The van der Waals surface area contributed by atoms with Crippen molar-refractivity contribution >= 4 is 50.4 Å². The number of benzene rings is 2. The van der Waals surface area contributed by atoms with E-state index in [0.29, 0.717) is 33.8 Å². The summed E-state index contributed by atoms with van der Waals surface area (Å²) in [7, 11) is 0. The van der Waals surface area contributed by atoms with Gasteiger partial charge in [0.25, 0.3) is 0 Å². The third-order valence-electron chi connectivity index (χ3n) is 5.39. The SMILES string of the molecule is CCOC(=O)C1=C(C)N=C2SC=CN2[C@@H]1c1cc(Br)c(OCc2c(F)cccc2Cl)c(OCC)c1. The minimum Gasteiger partial charge on any atom is -0.490 e. The lowest BCUT2D eigenvalue weighted by atomic mass is 9.94. The summed E-state index contributed by atoms with van der Waals surface area (Å²) in [5, 5.41) is 2.97. The highest BCUT2D eigenvalue weighted by Gasteiger charge is 2.38. The van der Waals surface area contributed by atoms with Crippen LogP contribution in [-0.4, -0.2) is 29.3 Å². The smallest absolute Gasteiger partial charge is 0.338 e. The molecule has 2 aromatic carbocycles. The van der Waals surface area contributed by atoms with Gasteiger partial charge in [0, 0.05) is 11.8 Å². The van der Waals surface area contributed by atoms with Crippen LogP contribution in [0.5, 0.6) is 11.5 Å². The van der Waals surface area contributed by atoms with E-state index in [-0.39, 0.29) is 23.8 Å². The number of ether oxygens (including phenoxy) is 3. The molecule has 0 bridgehead atoms. The summed E-state index contributed by atoms with van der Waals surface area (Å²) in [4.78, 5) is 19.5. The molecule has 2 aromatic rings. The highest BCUT2D eigenvalue weighted by atomic mass is 79.9. The molecule has 35 heavy (non-hydrogen) atoms. The van der Waals surface area contributed by atoms with E-state index in [1.165, 1.54) is 17.8 Å². The number of carbonyl (C=O) groups is 1. The second kappa shape index (κ2) is 11.1. The van der Waals surface area contributed by atoms with Crippen molar-refractivity contribution in [1.29, 1.82) is 0 Å². The van der Waals surface area contributed by atoms with Gasteiger partial charge in [-0.3, -0.25) is 0 Å². The molecule has 0 amide bonds. The van der Waals surface area contributed by atoms with Gasteiger partial charge in [0.05, 0.1) is 40.0 Å². The van der Waals surface area contributed by atoms with E-state index in [2.05, 4.69) is 20.9 Å². The fourth-order valence-corrected chi connectivity index (χ4v) is 5.44. The summed E-state index contributed by atoms with van der Waals surface area (Å²) < 4.78 is 32.1. The molecule has 1 atom stereocenters. The number of fused-ring (bicyclic) bond motifs is 1. The number of carbonyl (C=O) groups excluding carboxylic acids is 1. The van der Waals surface area contributed by atoms with Crippen LogP contribution in [0.4, 0.5) is 4.39 Å². The third-order valence-corrected chi connectivity index (χ3v) is 7.10. The number of allylic oxidation sites excluding steroid dienone is 1. The molecule has 0 N–H and O–H groups in total. The largest absolute Gasteiger partial charge is 0.490 e. The van der Waals surface area contributed by atoms with Gasteiger partial charge in [-0.05, 0) is 71.9 Å². The predicted octanol–water partition coefficient (Wildman–Crippen LogP) is 6.99. The summed E-state index contributed by atoms with van der Waals surface area (Å²) in [6.45, 7) is 5.98. The van der Waals surface area contributed by atoms with Gasteiger partial charge in [0.2, 0.25) is 0 Å². The number of esters is 1. The summed E-state index contributed by atoms with van der Waals surface area (Å²) in [6.07, 6.45) is 1.89. The van der Waals surface area contributed by atoms with Gasteiger partial charge in [-0.15, -0.1) is 0 Å². The summed E-state index contributed by atoms with van der Waals surface area (Å²) in [6, 6.07) is 7.70. The lowest BCUT2D eigenvalue weighted by molar-refractivity contribution is -0.139. The van der Waals surface area contributed by atoms with Crippen molar-refractivity contribution in [2.24, 2.45) is 4.99 Å². The molecule has 2 aliphatic rings. The van der Waals surface area contributed by atoms with Crippen molar-refractivity contribution in [3.63, 3.8) is 0 Å². The fourth-order valence-electron chi connectivity index (χ4n) is 3.86. The zero-order valence-corrected chi connectivity index (χ0v) is 22.5. The van der Waals surface area contributed by atoms with Crippen LogP contribution in [-0.2, 0) is 16.1 Å². The first-order valence-corrected chi connectivity index (χ1v) is 13.0. The van der Waals surface area contributed by atoms with E-state index in [9.17, 15) is 9.18 Å². The first kappa shape index (κ1) is 25.6. The Bertz CT molecular complexity index is 1230. The molecule has 2 heterocycles. The first-order valence-electron chi connectivity index (χ1n) is 11.0. The molecule has 0 saturated heterocycles. The molecule has 0 radical (unpaired) electrons. The average molecular weight is 582 g/mol. The molecule has 6 nitrogen and oxygen atoms in total. The molecule has 0 saturated carbocycles. The van der Waals surface area contributed by atoms with E-state index in [1.807, 2.05) is 35.6 Å². The Morgan fingerprint density at radius 2 is 2.06 bits per heavy atom. The van der Waals surface area contributed by atoms with Crippen molar-refractivity contribution in [2.45, 2.75) is 33.4 Å². The summed E-state index contributed by atoms with van der Waals surface area (Å²) >= 11 is 11.2. The predicted molar refractivity (Wildman–Crippen MR) is 139 cm³/mol. The highest BCUT2D eigenvalue weighted by molar-refractivity contribution is 9.10. The lowest BCUT2D eigenvalue weighted by Crippen LogP contribution is -2.34. The average Bonchev–Trinajstić information content (AvgIpc) is 3.27. The molecule has 0 aromatic heterocycles. The number of thioether (sulfide) groups is 1. The molecule has 10 heteroatoms. The van der Waals surface area contributed by atoms with Crippen LogP contribution in [0.2, 0.25) is 5.02 Å². The van der Waals surface area contributed by atoms with Crippen LogP contribution in [0.1, 0.15) is 37.9 Å². The zero-order valence-electron chi connectivity index (χ0n) is 19.3. The van der Waals surface area contributed by atoms with E-state index >= 15 is 0 Å². The van der Waals surface area contributed by atoms with Crippen LogP contribution in [0.3, 0.4) is 0 Å². The van der Waals surface area contributed by atoms with Crippen molar-refractivity contribution in [3.8, 4) is 11.5 Å². The van der Waals surface area contributed by atoms with Crippen LogP contribution in [0, 0.1) is 5.82 Å². The van der Waals surface area contributed by atoms with Gasteiger partial charge >= 0.3 is 5.97 Å².